The molecular formula is C2H7NOS. The molecule has 0 aromatic heterocycles. The maximum atomic E-state index is 7.87. The standard InChI is InChI=1S/C2H7NOS/c1-2-3-5-4/h3-4H,2H2,1H3. The Morgan fingerprint density at radius 3 is 2.60 bits per heavy atom. The van der Waals surface area contributed by atoms with Gasteiger partial charge in [0, 0.05) is 6.54 Å². The van der Waals surface area contributed by atoms with Crippen molar-refractivity contribution in [2.45, 2.75) is 6.92 Å². The van der Waals surface area contributed by atoms with E-state index < -0.39 is 0 Å². The van der Waals surface area contributed by atoms with Crippen LogP contribution in [-0.4, -0.2) is 11.1 Å². The van der Waals surface area contributed by atoms with Gasteiger partial charge >= 0.3 is 0 Å². The molecule has 0 bridgehead atoms. The molecule has 0 aromatic rings. The molecular weight excluding hydrogens is 86.1 g/mol. The molecule has 0 amide bonds. The lowest BCUT2D eigenvalue weighted by Gasteiger charge is -1.83. The summed E-state index contributed by atoms with van der Waals surface area (Å²) in [7, 11) is 0. The molecule has 0 unspecified atom stereocenters. The van der Waals surface area contributed by atoms with E-state index in [4.69, 9.17) is 4.55 Å². The average molecular weight is 93.2 g/mol. The van der Waals surface area contributed by atoms with Crippen LogP contribution >= 0.6 is 12.2 Å². The zero-order valence-corrected chi connectivity index (χ0v) is 3.88. The molecule has 0 aliphatic rings. The molecule has 0 heterocycles. The normalized spacial score (nSPS) is 8.40. The van der Waals surface area contributed by atoms with E-state index in [-0.39, 0.29) is 0 Å². The van der Waals surface area contributed by atoms with Crippen LogP contribution in [-0.2, 0) is 0 Å². The Kier molecular flexibility index (Phi) is 4.50. The monoisotopic (exact) mass is 93.0 g/mol. The first-order valence-electron chi connectivity index (χ1n) is 1.45. The lowest BCUT2D eigenvalue weighted by Crippen LogP contribution is -1.97. The first kappa shape index (κ1) is 5.27. The third kappa shape index (κ3) is 4.27. The van der Waals surface area contributed by atoms with Crippen molar-refractivity contribution < 1.29 is 4.55 Å². The summed E-state index contributed by atoms with van der Waals surface area (Å²) in [4.78, 5) is 0. The molecule has 5 heavy (non-hydrogen) atoms. The fourth-order valence-electron chi connectivity index (χ4n) is 0.0645. The van der Waals surface area contributed by atoms with Gasteiger partial charge in [-0.25, -0.2) is 4.72 Å². The van der Waals surface area contributed by atoms with Gasteiger partial charge in [-0.2, -0.15) is 0 Å². The van der Waals surface area contributed by atoms with E-state index in [2.05, 4.69) is 4.72 Å². The highest BCUT2D eigenvalue weighted by Crippen LogP contribution is 1.74. The van der Waals surface area contributed by atoms with Gasteiger partial charge in [0.05, 0.1) is 12.2 Å². The molecule has 0 aromatic carbocycles. The van der Waals surface area contributed by atoms with Crippen LogP contribution in [0.5, 0.6) is 0 Å². The first-order chi connectivity index (χ1) is 2.41. The molecule has 32 valence electrons. The lowest BCUT2D eigenvalue weighted by atomic mass is 10.8. The maximum Gasteiger partial charge on any atom is 0.0759 e. The molecule has 2 nitrogen and oxygen atoms in total. The van der Waals surface area contributed by atoms with E-state index in [1.165, 1.54) is 0 Å². The van der Waals surface area contributed by atoms with Crippen molar-refractivity contribution in [3.63, 3.8) is 0 Å². The zero-order valence-electron chi connectivity index (χ0n) is 3.06. The number of hydrogen-bond donors (Lipinski definition) is 2. The van der Waals surface area contributed by atoms with Crippen LogP contribution in [0.15, 0.2) is 0 Å². The Bertz CT molecular complexity index is 17.1. The van der Waals surface area contributed by atoms with Crippen molar-refractivity contribution >= 4 is 12.2 Å². The highest BCUT2D eigenvalue weighted by atomic mass is 32.2. The molecule has 2 N–H and O–H groups in total. The van der Waals surface area contributed by atoms with E-state index in [9.17, 15) is 0 Å². The summed E-state index contributed by atoms with van der Waals surface area (Å²) in [6.45, 7) is 2.73. The highest BCUT2D eigenvalue weighted by molar-refractivity contribution is 7.91. The highest BCUT2D eigenvalue weighted by Gasteiger charge is 1.65. The van der Waals surface area contributed by atoms with Gasteiger partial charge < -0.3 is 4.55 Å². The Labute approximate surface area is 35.9 Å². The molecule has 0 fully saturated rings. The van der Waals surface area contributed by atoms with Crippen LogP contribution in [0.25, 0.3) is 0 Å². The summed E-state index contributed by atoms with van der Waals surface area (Å²) in [6, 6.07) is 0. The van der Waals surface area contributed by atoms with E-state index in [0.717, 1.165) is 6.54 Å². The van der Waals surface area contributed by atoms with Gasteiger partial charge in [-0.05, 0) is 0 Å². The first-order valence-corrected chi connectivity index (χ1v) is 2.22. The molecule has 0 saturated heterocycles. The number of hydrogen-bond acceptors (Lipinski definition) is 3. The largest absolute Gasteiger partial charge is 0.317 e. The topological polar surface area (TPSA) is 32.3 Å². The van der Waals surface area contributed by atoms with E-state index in [1.807, 2.05) is 6.92 Å². The van der Waals surface area contributed by atoms with Gasteiger partial charge in [-0.3, -0.25) is 0 Å². The van der Waals surface area contributed by atoms with Gasteiger partial charge in [0.15, 0.2) is 0 Å². The number of nitrogens with one attached hydrogen (secondary N) is 1. The van der Waals surface area contributed by atoms with Crippen LogP contribution in [0.3, 0.4) is 0 Å². The van der Waals surface area contributed by atoms with Crippen molar-refractivity contribution in [2.24, 2.45) is 0 Å². The summed E-state index contributed by atoms with van der Waals surface area (Å²) >= 11 is 0.652. The molecule has 0 atom stereocenters. The van der Waals surface area contributed by atoms with E-state index in [0.29, 0.717) is 12.2 Å². The van der Waals surface area contributed by atoms with Crippen molar-refractivity contribution in [2.75, 3.05) is 6.54 Å². The molecule has 0 aliphatic heterocycles. The zero-order chi connectivity index (χ0) is 4.12. The predicted molar refractivity (Wildman–Crippen MR) is 23.9 cm³/mol. The van der Waals surface area contributed by atoms with Crippen LogP contribution < -0.4 is 4.72 Å². The minimum absolute atomic E-state index is 0.652. The molecule has 0 spiro atoms. The number of rotatable bonds is 2. The predicted octanol–water partition coefficient (Wildman–Crippen LogP) is 0.717. The molecule has 3 heteroatoms. The smallest absolute Gasteiger partial charge is 0.0759 e. The molecule has 0 rings (SSSR count). The Hall–Kier alpha value is 0.270. The fourth-order valence-corrected chi connectivity index (χ4v) is 0.194. The van der Waals surface area contributed by atoms with E-state index >= 15 is 0 Å². The second-order valence-electron chi connectivity index (χ2n) is 0.589. The average Bonchev–Trinajstić information content (AvgIpc) is 1.41. The second-order valence-corrected chi connectivity index (χ2v) is 1.06. The minimum atomic E-state index is 0.652. The summed E-state index contributed by atoms with van der Waals surface area (Å²) in [5.41, 5.74) is 0. The third-order valence-electron chi connectivity index (χ3n) is 0.209. The summed E-state index contributed by atoms with van der Waals surface area (Å²) in [5, 5.41) is 0. The molecule has 0 radical (unpaired) electrons. The second kappa shape index (κ2) is 4.27. The summed E-state index contributed by atoms with van der Waals surface area (Å²) < 4.78 is 10.5. The van der Waals surface area contributed by atoms with Crippen LogP contribution in [0.4, 0.5) is 0 Å². The SMILES string of the molecule is CCNSO. The van der Waals surface area contributed by atoms with Gasteiger partial charge in [0.1, 0.15) is 0 Å². The van der Waals surface area contributed by atoms with Gasteiger partial charge in [-0.1, -0.05) is 6.92 Å². The van der Waals surface area contributed by atoms with Crippen LogP contribution in [0.1, 0.15) is 6.92 Å². The fraction of sp³-hybridized carbons (Fsp3) is 1.00. The van der Waals surface area contributed by atoms with Crippen molar-refractivity contribution in [1.82, 2.24) is 4.72 Å². The van der Waals surface area contributed by atoms with Crippen LogP contribution in [0.2, 0.25) is 0 Å². The van der Waals surface area contributed by atoms with Crippen LogP contribution in [0, 0.1) is 0 Å². The van der Waals surface area contributed by atoms with Crippen molar-refractivity contribution in [3.05, 3.63) is 0 Å². The lowest BCUT2D eigenvalue weighted by molar-refractivity contribution is 0.652. The minimum Gasteiger partial charge on any atom is -0.317 e. The maximum absolute atomic E-state index is 7.87. The summed E-state index contributed by atoms with van der Waals surface area (Å²) in [5.74, 6) is 0. The molecule has 0 aliphatic carbocycles. The van der Waals surface area contributed by atoms with Crippen molar-refractivity contribution in [3.8, 4) is 0 Å². The van der Waals surface area contributed by atoms with E-state index in [1.54, 1.807) is 0 Å². The van der Waals surface area contributed by atoms with Gasteiger partial charge in [0.25, 0.3) is 0 Å². The van der Waals surface area contributed by atoms with Gasteiger partial charge in [0.2, 0.25) is 0 Å². The quantitative estimate of drug-likeness (QED) is 0.389. The summed E-state index contributed by atoms with van der Waals surface area (Å²) in [6.07, 6.45) is 0. The third-order valence-corrected chi connectivity index (χ3v) is 0.627. The Morgan fingerprint density at radius 2 is 2.60 bits per heavy atom. The molecule has 0 saturated carbocycles. The van der Waals surface area contributed by atoms with Gasteiger partial charge in [-0.15, -0.1) is 0 Å². The Balaban J connectivity index is 2.19. The Morgan fingerprint density at radius 1 is 2.00 bits per heavy atom. The van der Waals surface area contributed by atoms with Crippen molar-refractivity contribution in [1.29, 1.82) is 0 Å².